The molecule has 1 saturated heterocycles. The highest BCUT2D eigenvalue weighted by molar-refractivity contribution is 7.16. The fourth-order valence-corrected chi connectivity index (χ4v) is 5.10. The summed E-state index contributed by atoms with van der Waals surface area (Å²) in [6, 6.07) is 8.34. The lowest BCUT2D eigenvalue weighted by Crippen LogP contribution is -2.44. The third-order valence-corrected chi connectivity index (χ3v) is 6.63. The Morgan fingerprint density at radius 2 is 1.84 bits per heavy atom. The molecule has 1 atom stereocenters. The van der Waals surface area contributed by atoms with Gasteiger partial charge < -0.3 is 15.4 Å². The van der Waals surface area contributed by atoms with E-state index in [0.29, 0.717) is 29.0 Å². The van der Waals surface area contributed by atoms with E-state index in [1.165, 1.54) is 11.3 Å². The maximum absolute atomic E-state index is 13.2. The van der Waals surface area contributed by atoms with Crippen molar-refractivity contribution in [2.75, 3.05) is 18.5 Å². The van der Waals surface area contributed by atoms with E-state index < -0.39 is 35.9 Å². The van der Waals surface area contributed by atoms with Gasteiger partial charge in [0.15, 0.2) is 0 Å². The minimum Gasteiger partial charge on any atom is -0.462 e. The Hall–Kier alpha value is -3.20. The van der Waals surface area contributed by atoms with Gasteiger partial charge in [-0.05, 0) is 37.8 Å². The summed E-state index contributed by atoms with van der Waals surface area (Å²) < 4.78 is 5.15. The molecule has 2 heterocycles. The zero-order valence-corrected chi connectivity index (χ0v) is 19.4. The molecule has 1 aromatic heterocycles. The summed E-state index contributed by atoms with van der Waals surface area (Å²) >= 11 is 1.27. The van der Waals surface area contributed by atoms with Gasteiger partial charge in [0, 0.05) is 4.88 Å². The van der Waals surface area contributed by atoms with E-state index in [1.807, 2.05) is 19.9 Å². The number of carbonyl (C=O) groups is 4. The molecule has 0 aliphatic carbocycles. The predicted molar refractivity (Wildman–Crippen MR) is 122 cm³/mol. The largest absolute Gasteiger partial charge is 0.462 e. The van der Waals surface area contributed by atoms with E-state index in [4.69, 9.17) is 4.74 Å². The molecular weight excluding hydrogens is 430 g/mol. The number of aryl methyl sites for hydroxylation is 1. The number of benzene rings is 1. The number of hydrogen-bond donors (Lipinski definition) is 2. The number of urea groups is 1. The number of anilines is 1. The number of amides is 4. The van der Waals surface area contributed by atoms with Crippen molar-refractivity contribution in [2.45, 2.75) is 46.1 Å². The number of ether oxygens (including phenoxy) is 1. The molecule has 1 aliphatic heterocycles. The summed E-state index contributed by atoms with van der Waals surface area (Å²) in [6.07, 6.45) is 0.951. The van der Waals surface area contributed by atoms with Crippen molar-refractivity contribution < 1.29 is 23.9 Å². The van der Waals surface area contributed by atoms with E-state index >= 15 is 0 Å². The van der Waals surface area contributed by atoms with E-state index in [0.717, 1.165) is 15.3 Å². The van der Waals surface area contributed by atoms with Crippen LogP contribution in [0, 0.1) is 6.92 Å². The standard InChI is InChI=1S/C23H27N3O5S/c1-5-16-14(4)32-19(18(16)20(28)31-7-3)24-17(27)13-26-21(29)23(6-2,25-22(26)30)15-11-9-8-10-12-15/h8-12H,5-7,13H2,1-4H3,(H,24,27)(H,25,30)/t23-/m1/s1. The molecule has 9 heteroatoms. The van der Waals surface area contributed by atoms with Crippen LogP contribution in [-0.2, 0) is 26.3 Å². The van der Waals surface area contributed by atoms with Crippen LogP contribution in [0.1, 0.15) is 53.6 Å². The maximum atomic E-state index is 13.2. The lowest BCUT2D eigenvalue weighted by atomic mass is 9.87. The molecule has 3 rings (SSSR count). The second kappa shape index (κ2) is 9.52. The van der Waals surface area contributed by atoms with Gasteiger partial charge in [-0.2, -0.15) is 0 Å². The van der Waals surface area contributed by atoms with E-state index in [9.17, 15) is 19.2 Å². The van der Waals surface area contributed by atoms with E-state index in [1.54, 1.807) is 38.1 Å². The number of nitrogens with one attached hydrogen (secondary N) is 2. The zero-order chi connectivity index (χ0) is 23.5. The molecule has 2 N–H and O–H groups in total. The summed E-state index contributed by atoms with van der Waals surface area (Å²) in [6.45, 7) is 7.07. The topological polar surface area (TPSA) is 105 Å². The van der Waals surface area contributed by atoms with Gasteiger partial charge in [-0.15, -0.1) is 11.3 Å². The van der Waals surface area contributed by atoms with E-state index in [2.05, 4.69) is 10.6 Å². The molecule has 2 aromatic rings. The first-order chi connectivity index (χ1) is 15.3. The minimum absolute atomic E-state index is 0.214. The van der Waals surface area contributed by atoms with Crippen LogP contribution in [0.4, 0.5) is 9.80 Å². The average Bonchev–Trinajstić information content (AvgIpc) is 3.22. The molecule has 0 saturated carbocycles. The monoisotopic (exact) mass is 457 g/mol. The molecule has 0 radical (unpaired) electrons. The van der Waals surface area contributed by atoms with Crippen molar-refractivity contribution in [1.29, 1.82) is 0 Å². The normalized spacial score (nSPS) is 17.9. The van der Waals surface area contributed by atoms with Gasteiger partial charge in [-0.3, -0.25) is 14.5 Å². The first-order valence-corrected chi connectivity index (χ1v) is 11.4. The average molecular weight is 458 g/mol. The highest BCUT2D eigenvalue weighted by Crippen LogP contribution is 2.35. The van der Waals surface area contributed by atoms with Crippen LogP contribution in [-0.4, -0.2) is 41.9 Å². The Morgan fingerprint density at radius 1 is 1.16 bits per heavy atom. The quantitative estimate of drug-likeness (QED) is 0.466. The number of esters is 1. The fourth-order valence-electron chi connectivity index (χ4n) is 3.95. The second-order valence-electron chi connectivity index (χ2n) is 7.41. The summed E-state index contributed by atoms with van der Waals surface area (Å²) in [4.78, 5) is 52.9. The van der Waals surface area contributed by atoms with Crippen LogP contribution in [0.25, 0.3) is 0 Å². The van der Waals surface area contributed by atoms with E-state index in [-0.39, 0.29) is 6.61 Å². The lowest BCUT2D eigenvalue weighted by Gasteiger charge is -2.25. The highest BCUT2D eigenvalue weighted by Gasteiger charge is 2.51. The number of imide groups is 1. The van der Waals surface area contributed by atoms with Gasteiger partial charge in [0.2, 0.25) is 5.91 Å². The summed E-state index contributed by atoms with van der Waals surface area (Å²) in [5.41, 5.74) is 0.598. The third-order valence-electron chi connectivity index (χ3n) is 5.57. The van der Waals surface area contributed by atoms with Crippen LogP contribution in [0.5, 0.6) is 0 Å². The molecule has 1 fully saturated rings. The summed E-state index contributed by atoms with van der Waals surface area (Å²) in [7, 11) is 0. The molecular formula is C23H27N3O5S. The number of nitrogens with zero attached hydrogens (tertiary/aromatic N) is 1. The van der Waals surface area contributed by atoms with Crippen molar-refractivity contribution in [2.24, 2.45) is 0 Å². The molecule has 1 aromatic carbocycles. The van der Waals surface area contributed by atoms with Crippen LogP contribution >= 0.6 is 11.3 Å². The molecule has 0 unspecified atom stereocenters. The van der Waals surface area contributed by atoms with Crippen LogP contribution in [0.15, 0.2) is 30.3 Å². The van der Waals surface area contributed by atoms with Crippen LogP contribution < -0.4 is 10.6 Å². The predicted octanol–water partition coefficient (Wildman–Crippen LogP) is 3.59. The number of rotatable bonds is 8. The van der Waals surface area contributed by atoms with Gasteiger partial charge in [0.1, 0.15) is 17.1 Å². The van der Waals surface area contributed by atoms with Gasteiger partial charge in [0.25, 0.3) is 5.91 Å². The Kier molecular flexibility index (Phi) is 6.98. The number of thiophene rings is 1. The molecule has 170 valence electrons. The molecule has 8 nitrogen and oxygen atoms in total. The minimum atomic E-state index is -1.20. The SMILES string of the molecule is CCOC(=O)c1c(NC(=O)CN2C(=O)N[C@](CC)(c3ccccc3)C2=O)sc(C)c1CC. The molecule has 4 amide bonds. The molecule has 0 bridgehead atoms. The number of carbonyl (C=O) groups excluding carboxylic acids is 4. The van der Waals surface area contributed by atoms with Gasteiger partial charge in [-0.1, -0.05) is 44.2 Å². The maximum Gasteiger partial charge on any atom is 0.341 e. The van der Waals surface area contributed by atoms with Crippen molar-refractivity contribution in [3.63, 3.8) is 0 Å². The Bertz CT molecular complexity index is 1050. The first-order valence-electron chi connectivity index (χ1n) is 10.6. The Balaban J connectivity index is 1.82. The number of hydrogen-bond acceptors (Lipinski definition) is 6. The van der Waals surface area contributed by atoms with Crippen LogP contribution in [0.3, 0.4) is 0 Å². The molecule has 32 heavy (non-hydrogen) atoms. The Morgan fingerprint density at radius 3 is 2.44 bits per heavy atom. The van der Waals surface area contributed by atoms with Gasteiger partial charge in [-0.25, -0.2) is 9.59 Å². The van der Waals surface area contributed by atoms with Crippen molar-refractivity contribution >= 4 is 40.2 Å². The van der Waals surface area contributed by atoms with Crippen molar-refractivity contribution in [1.82, 2.24) is 10.2 Å². The second-order valence-corrected chi connectivity index (χ2v) is 8.63. The van der Waals surface area contributed by atoms with Gasteiger partial charge >= 0.3 is 12.0 Å². The Labute approximate surface area is 190 Å². The smallest absolute Gasteiger partial charge is 0.341 e. The van der Waals surface area contributed by atoms with Gasteiger partial charge in [0.05, 0.1) is 12.2 Å². The zero-order valence-electron chi connectivity index (χ0n) is 18.6. The van der Waals surface area contributed by atoms with Crippen LogP contribution in [0.2, 0.25) is 0 Å². The van der Waals surface area contributed by atoms with Crippen molar-refractivity contribution in [3.8, 4) is 0 Å². The summed E-state index contributed by atoms with van der Waals surface area (Å²) in [5, 5.41) is 5.82. The fraction of sp³-hybridized carbons (Fsp3) is 0.391. The summed E-state index contributed by atoms with van der Waals surface area (Å²) in [5.74, 6) is -1.55. The highest BCUT2D eigenvalue weighted by atomic mass is 32.1. The van der Waals surface area contributed by atoms with Crippen molar-refractivity contribution in [3.05, 3.63) is 51.9 Å². The molecule has 0 spiro atoms. The lowest BCUT2D eigenvalue weighted by molar-refractivity contribution is -0.134. The third kappa shape index (κ3) is 4.12. The first kappa shape index (κ1) is 23.5. The molecule has 1 aliphatic rings.